The zero-order valence-electron chi connectivity index (χ0n) is 18.8. The van der Waals surface area contributed by atoms with Gasteiger partial charge in [-0.25, -0.2) is 4.79 Å². The van der Waals surface area contributed by atoms with Gasteiger partial charge in [-0.3, -0.25) is 4.79 Å². The van der Waals surface area contributed by atoms with E-state index in [1.807, 2.05) is 0 Å². The highest BCUT2D eigenvalue weighted by Crippen LogP contribution is 2.31. The van der Waals surface area contributed by atoms with Gasteiger partial charge in [0, 0.05) is 5.56 Å². The number of carbonyl (C=O) groups excluding carboxylic acids is 2. The number of benzene rings is 3. The molecule has 0 spiro atoms. The zero-order chi connectivity index (χ0) is 23.8. The Balaban J connectivity index is 1.74. The monoisotopic (exact) mass is 448 g/mol. The average molecular weight is 448 g/mol. The zero-order valence-corrected chi connectivity index (χ0v) is 18.8. The predicted molar refractivity (Wildman–Crippen MR) is 124 cm³/mol. The lowest BCUT2D eigenvalue weighted by Gasteiger charge is -2.12. The van der Waals surface area contributed by atoms with Gasteiger partial charge >= 0.3 is 5.97 Å². The smallest absolute Gasteiger partial charge is 0.343 e. The van der Waals surface area contributed by atoms with E-state index in [4.69, 9.17) is 23.7 Å². The fourth-order valence-electron chi connectivity index (χ4n) is 3.02. The van der Waals surface area contributed by atoms with Crippen LogP contribution in [0.25, 0.3) is 6.08 Å². The summed E-state index contributed by atoms with van der Waals surface area (Å²) in [5.74, 6) is 1.47. The molecule has 0 bridgehead atoms. The molecule has 0 aromatic heterocycles. The van der Waals surface area contributed by atoms with Crippen LogP contribution >= 0.6 is 0 Å². The summed E-state index contributed by atoms with van der Waals surface area (Å²) in [5.41, 5.74) is 1.54. The van der Waals surface area contributed by atoms with Crippen molar-refractivity contribution >= 4 is 17.8 Å². The number of hydrogen-bond acceptors (Lipinski definition) is 7. The van der Waals surface area contributed by atoms with Gasteiger partial charge in [0.2, 0.25) is 0 Å². The molecule has 0 N–H and O–H groups in total. The molecule has 3 rings (SSSR count). The molecule has 33 heavy (non-hydrogen) atoms. The number of ether oxygens (including phenoxy) is 5. The Bertz CT molecular complexity index is 1160. The summed E-state index contributed by atoms with van der Waals surface area (Å²) < 4.78 is 26.4. The standard InChI is InChI=1S/C26H24O7/c1-29-20-10-7-18(8-11-20)21(27)12-5-17-6-13-23(24(15-17)31-3)33-26(28)19-9-14-22(30-2)25(16-19)32-4/h5-16H,1-4H3. The molecule has 0 fully saturated rings. The fourth-order valence-corrected chi connectivity index (χ4v) is 3.02. The number of carbonyl (C=O) groups is 2. The molecule has 0 atom stereocenters. The average Bonchev–Trinajstić information content (AvgIpc) is 2.87. The summed E-state index contributed by atoms with van der Waals surface area (Å²) in [7, 11) is 6.04. The van der Waals surface area contributed by atoms with Gasteiger partial charge in [-0.05, 0) is 66.2 Å². The SMILES string of the molecule is COc1ccc(C(=O)C=Cc2ccc(OC(=O)c3ccc(OC)c(OC)c3)c(OC)c2)cc1. The molecule has 0 saturated heterocycles. The van der Waals surface area contributed by atoms with E-state index in [1.54, 1.807) is 67.8 Å². The minimum absolute atomic E-state index is 0.152. The Morgan fingerprint density at radius 3 is 1.88 bits per heavy atom. The molecule has 0 aliphatic rings. The minimum Gasteiger partial charge on any atom is -0.497 e. The summed E-state index contributed by atoms with van der Waals surface area (Å²) in [5, 5.41) is 0. The van der Waals surface area contributed by atoms with Crippen molar-refractivity contribution < 1.29 is 33.3 Å². The molecule has 0 radical (unpaired) electrons. The maximum Gasteiger partial charge on any atom is 0.343 e. The molecule has 3 aromatic rings. The van der Waals surface area contributed by atoms with E-state index in [0.29, 0.717) is 39.7 Å². The molecule has 7 nitrogen and oxygen atoms in total. The third kappa shape index (κ3) is 5.71. The van der Waals surface area contributed by atoms with Crippen molar-refractivity contribution in [3.05, 3.63) is 83.4 Å². The number of methoxy groups -OCH3 is 4. The topological polar surface area (TPSA) is 80.3 Å². The Labute approximate surface area is 192 Å². The molecular formula is C26H24O7. The third-order valence-electron chi connectivity index (χ3n) is 4.81. The van der Waals surface area contributed by atoms with E-state index < -0.39 is 5.97 Å². The van der Waals surface area contributed by atoms with Crippen LogP contribution in [0.4, 0.5) is 0 Å². The van der Waals surface area contributed by atoms with Crippen molar-refractivity contribution in [3.8, 4) is 28.7 Å². The van der Waals surface area contributed by atoms with Crippen LogP contribution in [0.3, 0.4) is 0 Å². The predicted octanol–water partition coefficient (Wildman–Crippen LogP) is 4.84. The van der Waals surface area contributed by atoms with Gasteiger partial charge in [-0.1, -0.05) is 12.1 Å². The lowest BCUT2D eigenvalue weighted by Crippen LogP contribution is -2.09. The highest BCUT2D eigenvalue weighted by molar-refractivity contribution is 6.06. The first-order valence-corrected chi connectivity index (χ1v) is 9.97. The highest BCUT2D eigenvalue weighted by Gasteiger charge is 2.15. The normalized spacial score (nSPS) is 10.5. The van der Waals surface area contributed by atoms with Crippen molar-refractivity contribution in [2.45, 2.75) is 0 Å². The number of allylic oxidation sites excluding steroid dienone is 1. The van der Waals surface area contributed by atoms with E-state index >= 15 is 0 Å². The minimum atomic E-state index is -0.577. The largest absolute Gasteiger partial charge is 0.497 e. The van der Waals surface area contributed by atoms with Gasteiger partial charge in [0.1, 0.15) is 5.75 Å². The second-order valence-electron chi connectivity index (χ2n) is 6.80. The summed E-state index contributed by atoms with van der Waals surface area (Å²) >= 11 is 0. The van der Waals surface area contributed by atoms with E-state index in [0.717, 1.165) is 0 Å². The van der Waals surface area contributed by atoms with Crippen molar-refractivity contribution in [2.24, 2.45) is 0 Å². The maximum atomic E-state index is 12.6. The lowest BCUT2D eigenvalue weighted by molar-refractivity contribution is 0.0729. The summed E-state index contributed by atoms with van der Waals surface area (Å²) in [6.45, 7) is 0. The lowest BCUT2D eigenvalue weighted by atomic mass is 10.1. The van der Waals surface area contributed by atoms with Gasteiger partial charge in [-0.2, -0.15) is 0 Å². The molecule has 3 aromatic carbocycles. The molecule has 0 unspecified atom stereocenters. The molecule has 170 valence electrons. The quantitative estimate of drug-likeness (QED) is 0.201. The Hall–Kier alpha value is -4.26. The van der Waals surface area contributed by atoms with E-state index in [1.165, 1.54) is 33.5 Å². The first-order chi connectivity index (χ1) is 16.0. The van der Waals surface area contributed by atoms with Crippen LogP contribution < -0.4 is 23.7 Å². The van der Waals surface area contributed by atoms with Crippen LogP contribution in [0.5, 0.6) is 28.7 Å². The van der Waals surface area contributed by atoms with Crippen LogP contribution in [-0.2, 0) is 0 Å². The molecular weight excluding hydrogens is 424 g/mol. The number of hydrogen-bond donors (Lipinski definition) is 0. The second-order valence-corrected chi connectivity index (χ2v) is 6.80. The van der Waals surface area contributed by atoms with Gasteiger partial charge < -0.3 is 23.7 Å². The van der Waals surface area contributed by atoms with Crippen LogP contribution in [0, 0.1) is 0 Å². The first kappa shape index (κ1) is 23.4. The van der Waals surface area contributed by atoms with Gasteiger partial charge in [0.05, 0.1) is 34.0 Å². The van der Waals surface area contributed by atoms with Crippen LogP contribution in [0.15, 0.2) is 66.7 Å². The Morgan fingerprint density at radius 1 is 0.636 bits per heavy atom. The van der Waals surface area contributed by atoms with Gasteiger partial charge in [-0.15, -0.1) is 0 Å². The van der Waals surface area contributed by atoms with E-state index in [2.05, 4.69) is 0 Å². The van der Waals surface area contributed by atoms with Gasteiger partial charge in [0.15, 0.2) is 28.8 Å². The Morgan fingerprint density at radius 2 is 1.24 bits per heavy atom. The van der Waals surface area contributed by atoms with E-state index in [9.17, 15) is 9.59 Å². The molecule has 0 heterocycles. The van der Waals surface area contributed by atoms with E-state index in [-0.39, 0.29) is 11.5 Å². The first-order valence-electron chi connectivity index (χ1n) is 9.97. The van der Waals surface area contributed by atoms with Gasteiger partial charge in [0.25, 0.3) is 0 Å². The molecule has 0 aliphatic carbocycles. The summed E-state index contributed by atoms with van der Waals surface area (Å²) in [4.78, 5) is 25.0. The van der Waals surface area contributed by atoms with Crippen molar-refractivity contribution in [2.75, 3.05) is 28.4 Å². The highest BCUT2D eigenvalue weighted by atomic mass is 16.6. The molecule has 7 heteroatoms. The third-order valence-corrected chi connectivity index (χ3v) is 4.81. The molecule has 0 amide bonds. The molecule has 0 saturated carbocycles. The summed E-state index contributed by atoms with van der Waals surface area (Å²) in [6.07, 6.45) is 3.13. The van der Waals surface area contributed by atoms with Crippen molar-refractivity contribution in [1.29, 1.82) is 0 Å². The molecule has 0 aliphatic heterocycles. The van der Waals surface area contributed by atoms with Crippen LogP contribution in [0.2, 0.25) is 0 Å². The maximum absolute atomic E-state index is 12.6. The number of esters is 1. The van der Waals surface area contributed by atoms with Crippen molar-refractivity contribution in [3.63, 3.8) is 0 Å². The van der Waals surface area contributed by atoms with Crippen LogP contribution in [0.1, 0.15) is 26.3 Å². The van der Waals surface area contributed by atoms with Crippen molar-refractivity contribution in [1.82, 2.24) is 0 Å². The van der Waals surface area contributed by atoms with Crippen LogP contribution in [-0.4, -0.2) is 40.2 Å². The number of ketones is 1. The Kier molecular flexibility index (Phi) is 7.70. The second kappa shape index (κ2) is 10.9. The fraction of sp³-hybridized carbons (Fsp3) is 0.154. The summed E-state index contributed by atoms with van der Waals surface area (Å²) in [6, 6.07) is 16.6. The number of rotatable bonds is 9.